The number of hydrogen-bond donors (Lipinski definition) is 3. The minimum absolute atomic E-state index is 0.0796. The molecule has 1 aliphatic rings. The van der Waals surface area contributed by atoms with Gasteiger partial charge in [-0.15, -0.1) is 0 Å². The molecule has 0 spiro atoms. The van der Waals surface area contributed by atoms with Gasteiger partial charge in [0, 0.05) is 23.5 Å². The molecule has 2 aromatic rings. The average Bonchev–Trinajstić information content (AvgIpc) is 2.67. The molecule has 3 amide bonds. The summed E-state index contributed by atoms with van der Waals surface area (Å²) in [6.45, 7) is 1.80. The fourth-order valence-electron chi connectivity index (χ4n) is 2.69. The van der Waals surface area contributed by atoms with Gasteiger partial charge in [-0.1, -0.05) is 30.3 Å². The third kappa shape index (κ3) is 4.51. The Hall–Kier alpha value is -3.72. The number of amides is 3. The Kier molecular flexibility index (Phi) is 5.66. The van der Waals surface area contributed by atoms with Crippen LogP contribution in [0.3, 0.4) is 0 Å². The number of allylic oxidation sites excluding steroid dienone is 1. The second-order valence-corrected chi connectivity index (χ2v) is 6.07. The van der Waals surface area contributed by atoms with Crippen molar-refractivity contribution >= 4 is 23.3 Å². The maximum atomic E-state index is 12.8. The number of nitro benzene ring substituents is 1. The lowest BCUT2D eigenvalue weighted by Gasteiger charge is -2.28. The summed E-state index contributed by atoms with van der Waals surface area (Å²) < 4.78 is 5.75. The number of ether oxygens (including phenoxy) is 1. The van der Waals surface area contributed by atoms with E-state index in [9.17, 15) is 19.7 Å². The van der Waals surface area contributed by atoms with E-state index in [0.717, 1.165) is 5.56 Å². The quantitative estimate of drug-likeness (QED) is 0.524. The van der Waals surface area contributed by atoms with Gasteiger partial charge in [0.1, 0.15) is 0 Å². The fraction of sp³-hybridized carbons (Fsp3) is 0.158. The third-order valence-electron chi connectivity index (χ3n) is 4.07. The number of carbonyl (C=O) groups excluding carboxylic acids is 2. The summed E-state index contributed by atoms with van der Waals surface area (Å²) in [4.78, 5) is 34.8. The standard InChI is InChI=1S/C19H18N4O5/c1-12-16(17(24)21-14-7-9-15(10-8-14)23(26)27)18(22-19(25)20-12)28-11-13-5-3-2-4-6-13/h2-10,18H,11H2,1H3,(H,21,24)(H2,20,22,25)/t18-/m0/s1. The Bertz CT molecular complexity index is 925. The number of nitro groups is 1. The van der Waals surface area contributed by atoms with Crippen LogP contribution in [0.4, 0.5) is 16.2 Å². The van der Waals surface area contributed by atoms with Crippen LogP contribution in [-0.4, -0.2) is 23.1 Å². The number of anilines is 1. The van der Waals surface area contributed by atoms with Crippen LogP contribution in [0.2, 0.25) is 0 Å². The second kappa shape index (κ2) is 8.31. The first-order valence-corrected chi connectivity index (χ1v) is 8.43. The highest BCUT2D eigenvalue weighted by Gasteiger charge is 2.30. The number of rotatable bonds is 6. The molecule has 1 atom stereocenters. The van der Waals surface area contributed by atoms with Crippen molar-refractivity contribution in [3.63, 3.8) is 0 Å². The van der Waals surface area contributed by atoms with Crippen molar-refractivity contribution < 1.29 is 19.2 Å². The molecule has 9 nitrogen and oxygen atoms in total. The van der Waals surface area contributed by atoms with Gasteiger partial charge in [-0.05, 0) is 24.6 Å². The Morgan fingerprint density at radius 3 is 2.50 bits per heavy atom. The van der Waals surface area contributed by atoms with Crippen molar-refractivity contribution in [3.05, 3.63) is 81.5 Å². The van der Waals surface area contributed by atoms with Gasteiger partial charge in [0.25, 0.3) is 11.6 Å². The molecule has 3 rings (SSSR count). The summed E-state index contributed by atoms with van der Waals surface area (Å²) in [5, 5.41) is 18.5. The molecule has 3 N–H and O–H groups in total. The number of carbonyl (C=O) groups is 2. The number of hydrogen-bond acceptors (Lipinski definition) is 5. The lowest BCUT2D eigenvalue weighted by atomic mass is 10.1. The number of nitrogens with one attached hydrogen (secondary N) is 3. The van der Waals surface area contributed by atoms with Gasteiger partial charge < -0.3 is 20.7 Å². The zero-order valence-corrected chi connectivity index (χ0v) is 15.0. The molecule has 0 unspecified atom stereocenters. The minimum atomic E-state index is -0.938. The molecule has 0 aliphatic carbocycles. The Balaban J connectivity index is 1.75. The highest BCUT2D eigenvalue weighted by Crippen LogP contribution is 2.20. The van der Waals surface area contributed by atoms with Crippen LogP contribution in [0.5, 0.6) is 0 Å². The molecule has 1 heterocycles. The van der Waals surface area contributed by atoms with E-state index in [1.807, 2.05) is 30.3 Å². The van der Waals surface area contributed by atoms with Crippen LogP contribution in [0.1, 0.15) is 12.5 Å². The molecule has 0 aromatic heterocycles. The van der Waals surface area contributed by atoms with Crippen molar-refractivity contribution in [2.24, 2.45) is 0 Å². The van der Waals surface area contributed by atoms with E-state index >= 15 is 0 Å². The normalized spacial score (nSPS) is 16.2. The minimum Gasteiger partial charge on any atom is -0.349 e. The monoisotopic (exact) mass is 382 g/mol. The maximum Gasteiger partial charge on any atom is 0.321 e. The third-order valence-corrected chi connectivity index (χ3v) is 4.07. The number of non-ortho nitro benzene ring substituents is 1. The van der Waals surface area contributed by atoms with Gasteiger partial charge in [-0.25, -0.2) is 4.79 Å². The summed E-state index contributed by atoms with van der Waals surface area (Å²) in [5.41, 5.74) is 1.77. The van der Waals surface area contributed by atoms with Crippen molar-refractivity contribution in [1.29, 1.82) is 0 Å². The molecule has 9 heteroatoms. The molecule has 2 aromatic carbocycles. The topological polar surface area (TPSA) is 123 Å². The van der Waals surface area contributed by atoms with Gasteiger partial charge in [-0.2, -0.15) is 0 Å². The van der Waals surface area contributed by atoms with Crippen molar-refractivity contribution in [1.82, 2.24) is 10.6 Å². The molecule has 0 saturated carbocycles. The van der Waals surface area contributed by atoms with Crippen LogP contribution in [-0.2, 0) is 16.1 Å². The predicted molar refractivity (Wildman–Crippen MR) is 101 cm³/mol. The SMILES string of the molecule is CC1=C(C(=O)Nc2ccc([N+](=O)[O-])cc2)[C@H](OCc2ccccc2)NC(=O)N1. The molecular weight excluding hydrogens is 364 g/mol. The lowest BCUT2D eigenvalue weighted by Crippen LogP contribution is -2.51. The van der Waals surface area contributed by atoms with E-state index in [4.69, 9.17) is 4.74 Å². The molecule has 144 valence electrons. The number of benzene rings is 2. The molecule has 0 bridgehead atoms. The molecule has 1 aliphatic heterocycles. The summed E-state index contributed by atoms with van der Waals surface area (Å²) in [6.07, 6.45) is -0.938. The van der Waals surface area contributed by atoms with Crippen LogP contribution >= 0.6 is 0 Å². The molecule has 0 radical (unpaired) electrons. The first-order valence-electron chi connectivity index (χ1n) is 8.43. The zero-order valence-electron chi connectivity index (χ0n) is 15.0. The van der Waals surface area contributed by atoms with Gasteiger partial charge in [-0.3, -0.25) is 14.9 Å². The van der Waals surface area contributed by atoms with E-state index in [-0.39, 0.29) is 17.9 Å². The Morgan fingerprint density at radius 1 is 1.18 bits per heavy atom. The van der Waals surface area contributed by atoms with E-state index in [2.05, 4.69) is 16.0 Å². The van der Waals surface area contributed by atoms with Gasteiger partial charge >= 0.3 is 6.03 Å². The van der Waals surface area contributed by atoms with Crippen molar-refractivity contribution in [2.45, 2.75) is 19.8 Å². The van der Waals surface area contributed by atoms with Crippen LogP contribution < -0.4 is 16.0 Å². The number of urea groups is 1. The predicted octanol–water partition coefficient (Wildman–Crippen LogP) is 2.66. The molecule has 0 saturated heterocycles. The van der Waals surface area contributed by atoms with E-state index in [1.165, 1.54) is 24.3 Å². The first kappa shape index (κ1) is 19.1. The van der Waals surface area contributed by atoms with E-state index in [0.29, 0.717) is 11.4 Å². The van der Waals surface area contributed by atoms with Gasteiger partial charge in [0.2, 0.25) is 0 Å². The lowest BCUT2D eigenvalue weighted by molar-refractivity contribution is -0.384. The zero-order chi connectivity index (χ0) is 20.1. The summed E-state index contributed by atoms with van der Waals surface area (Å²) >= 11 is 0. The molecule has 28 heavy (non-hydrogen) atoms. The van der Waals surface area contributed by atoms with Crippen molar-refractivity contribution in [2.75, 3.05) is 5.32 Å². The second-order valence-electron chi connectivity index (χ2n) is 6.07. The average molecular weight is 382 g/mol. The summed E-state index contributed by atoms with van der Waals surface area (Å²) in [6, 6.07) is 14.3. The van der Waals surface area contributed by atoms with E-state index in [1.54, 1.807) is 6.92 Å². The largest absolute Gasteiger partial charge is 0.349 e. The highest BCUT2D eigenvalue weighted by atomic mass is 16.6. The van der Waals surface area contributed by atoms with Gasteiger partial charge in [0.05, 0.1) is 17.1 Å². The first-order chi connectivity index (χ1) is 13.4. The molecular formula is C19H18N4O5. The molecule has 0 fully saturated rings. The van der Waals surface area contributed by atoms with Crippen LogP contribution in [0.25, 0.3) is 0 Å². The smallest absolute Gasteiger partial charge is 0.321 e. The Labute approximate surface area is 160 Å². The highest BCUT2D eigenvalue weighted by molar-refractivity contribution is 6.06. The maximum absolute atomic E-state index is 12.8. The fourth-order valence-corrected chi connectivity index (χ4v) is 2.69. The van der Waals surface area contributed by atoms with E-state index < -0.39 is 23.1 Å². The Morgan fingerprint density at radius 2 is 1.86 bits per heavy atom. The van der Waals surface area contributed by atoms with Crippen LogP contribution in [0.15, 0.2) is 65.9 Å². The van der Waals surface area contributed by atoms with Gasteiger partial charge in [0.15, 0.2) is 6.23 Å². The number of nitrogens with zero attached hydrogens (tertiary/aromatic N) is 1. The summed E-state index contributed by atoms with van der Waals surface area (Å²) in [7, 11) is 0. The summed E-state index contributed by atoms with van der Waals surface area (Å²) in [5.74, 6) is -0.489. The van der Waals surface area contributed by atoms with Crippen molar-refractivity contribution in [3.8, 4) is 0 Å². The van der Waals surface area contributed by atoms with Crippen LogP contribution in [0, 0.1) is 10.1 Å².